The maximum Gasteiger partial charge on any atom is 0.249 e. The zero-order valence-corrected chi connectivity index (χ0v) is 16.2. The first-order valence-corrected chi connectivity index (χ1v) is 10.00. The molecule has 7 nitrogen and oxygen atoms in total. The fraction of sp³-hybridized carbons (Fsp3) is 0.476. The van der Waals surface area contributed by atoms with E-state index in [-0.39, 0.29) is 11.8 Å². The van der Waals surface area contributed by atoms with Gasteiger partial charge in [-0.15, -0.1) is 0 Å². The number of aromatic nitrogens is 2. The fourth-order valence-electron chi connectivity index (χ4n) is 4.21. The maximum absolute atomic E-state index is 13.3. The first-order chi connectivity index (χ1) is 13.6. The first kappa shape index (κ1) is 18.7. The molecule has 0 saturated carbocycles. The Bertz CT molecular complexity index is 825. The monoisotopic (exact) mass is 381 g/mol. The molecule has 2 aromatic rings. The van der Waals surface area contributed by atoms with Crippen LogP contribution in [0.25, 0.3) is 0 Å². The second kappa shape index (κ2) is 7.75. The summed E-state index contributed by atoms with van der Waals surface area (Å²) < 4.78 is 1.76. The van der Waals surface area contributed by atoms with E-state index in [0.29, 0.717) is 25.8 Å². The highest BCUT2D eigenvalue weighted by molar-refractivity contribution is 6.00. The molecule has 7 heteroatoms. The molecule has 148 valence electrons. The van der Waals surface area contributed by atoms with Crippen molar-refractivity contribution in [1.82, 2.24) is 20.4 Å². The lowest BCUT2D eigenvalue weighted by Gasteiger charge is -2.39. The lowest BCUT2D eigenvalue weighted by atomic mass is 9.86. The molecule has 1 unspecified atom stereocenters. The summed E-state index contributed by atoms with van der Waals surface area (Å²) in [5.74, 6) is -0.144. The van der Waals surface area contributed by atoms with E-state index in [9.17, 15) is 9.59 Å². The third-order valence-electron chi connectivity index (χ3n) is 5.89. The second-order valence-corrected chi connectivity index (χ2v) is 7.73. The van der Waals surface area contributed by atoms with Crippen molar-refractivity contribution in [3.8, 4) is 0 Å². The van der Waals surface area contributed by atoms with Crippen LogP contribution in [0.1, 0.15) is 31.2 Å². The predicted octanol–water partition coefficient (Wildman–Crippen LogP) is 1.58. The van der Waals surface area contributed by atoms with E-state index in [4.69, 9.17) is 0 Å². The van der Waals surface area contributed by atoms with Crippen LogP contribution >= 0.6 is 0 Å². The van der Waals surface area contributed by atoms with Gasteiger partial charge in [-0.25, -0.2) is 0 Å². The Morgan fingerprint density at radius 2 is 2.00 bits per heavy atom. The quantitative estimate of drug-likeness (QED) is 0.843. The molecular formula is C21H27N5O2. The Morgan fingerprint density at radius 3 is 2.68 bits per heavy atom. The molecule has 0 spiro atoms. The van der Waals surface area contributed by atoms with Crippen LogP contribution in [0.3, 0.4) is 0 Å². The van der Waals surface area contributed by atoms with Crippen LogP contribution in [-0.2, 0) is 15.1 Å². The predicted molar refractivity (Wildman–Crippen MR) is 107 cm³/mol. The van der Waals surface area contributed by atoms with Gasteiger partial charge in [0.2, 0.25) is 11.8 Å². The molecule has 0 aliphatic carbocycles. The smallest absolute Gasteiger partial charge is 0.249 e. The molecule has 28 heavy (non-hydrogen) atoms. The molecule has 1 aromatic heterocycles. The highest BCUT2D eigenvalue weighted by Gasteiger charge is 2.44. The summed E-state index contributed by atoms with van der Waals surface area (Å²) in [6.07, 6.45) is 6.38. The van der Waals surface area contributed by atoms with E-state index in [0.717, 1.165) is 30.8 Å². The van der Waals surface area contributed by atoms with Crippen molar-refractivity contribution >= 4 is 17.5 Å². The average Bonchev–Trinajstić information content (AvgIpc) is 3.26. The molecule has 4 rings (SSSR count). The lowest BCUT2D eigenvalue weighted by molar-refractivity contribution is -0.136. The minimum Gasteiger partial charge on any atom is -0.342 e. The number of rotatable bonds is 4. The van der Waals surface area contributed by atoms with Crippen molar-refractivity contribution in [2.24, 2.45) is 0 Å². The van der Waals surface area contributed by atoms with E-state index < -0.39 is 11.6 Å². The van der Waals surface area contributed by atoms with E-state index in [1.54, 1.807) is 15.8 Å². The van der Waals surface area contributed by atoms with Gasteiger partial charge in [0.1, 0.15) is 11.6 Å². The van der Waals surface area contributed by atoms with Crippen LogP contribution in [0, 0.1) is 6.92 Å². The van der Waals surface area contributed by atoms with Crippen LogP contribution in [0.15, 0.2) is 42.7 Å². The normalized spacial score (nSPS) is 22.1. The van der Waals surface area contributed by atoms with Crippen molar-refractivity contribution in [3.63, 3.8) is 0 Å². The topological polar surface area (TPSA) is 79.3 Å². The Labute approximate surface area is 165 Å². The largest absolute Gasteiger partial charge is 0.342 e. The van der Waals surface area contributed by atoms with Gasteiger partial charge < -0.3 is 15.5 Å². The number of amides is 2. The molecule has 1 atom stereocenters. The number of anilines is 1. The Hall–Kier alpha value is -2.67. The minimum absolute atomic E-state index is 0.0343. The Balaban J connectivity index is 1.53. The molecule has 2 aliphatic rings. The summed E-state index contributed by atoms with van der Waals surface area (Å²) in [6.45, 7) is 4.21. The number of nitrogens with one attached hydrogen (secondary N) is 2. The van der Waals surface area contributed by atoms with Gasteiger partial charge in [-0.1, -0.05) is 17.7 Å². The highest BCUT2D eigenvalue weighted by atomic mass is 16.2. The van der Waals surface area contributed by atoms with Gasteiger partial charge in [0, 0.05) is 24.6 Å². The zero-order valence-electron chi connectivity index (χ0n) is 16.2. The van der Waals surface area contributed by atoms with Gasteiger partial charge in [0.15, 0.2) is 0 Å². The van der Waals surface area contributed by atoms with Crippen molar-refractivity contribution in [3.05, 3.63) is 48.3 Å². The van der Waals surface area contributed by atoms with E-state index in [1.165, 1.54) is 0 Å². The summed E-state index contributed by atoms with van der Waals surface area (Å²) in [6, 6.07) is 9.29. The zero-order chi connectivity index (χ0) is 19.6. The lowest BCUT2D eigenvalue weighted by Crippen LogP contribution is -2.60. The fourth-order valence-corrected chi connectivity index (χ4v) is 4.21. The Morgan fingerprint density at radius 1 is 1.25 bits per heavy atom. The third kappa shape index (κ3) is 3.42. The van der Waals surface area contributed by atoms with Crippen LogP contribution in [0.5, 0.6) is 0 Å². The SMILES string of the molecule is Cc1ccc(N2CCCC(NC(=O)C3(n4cccn4)CCNCC3)C2=O)cc1. The van der Waals surface area contributed by atoms with Crippen LogP contribution in [0.4, 0.5) is 5.69 Å². The molecule has 1 aromatic carbocycles. The summed E-state index contributed by atoms with van der Waals surface area (Å²) in [5.41, 5.74) is 1.31. The third-order valence-corrected chi connectivity index (χ3v) is 5.89. The van der Waals surface area contributed by atoms with Gasteiger partial charge in [0.25, 0.3) is 0 Å². The Kier molecular flexibility index (Phi) is 5.17. The van der Waals surface area contributed by atoms with Crippen LogP contribution in [0.2, 0.25) is 0 Å². The summed E-state index contributed by atoms with van der Waals surface area (Å²) in [7, 11) is 0. The number of hydrogen-bond donors (Lipinski definition) is 2. The average molecular weight is 381 g/mol. The van der Waals surface area contributed by atoms with Gasteiger partial charge in [0.05, 0.1) is 0 Å². The second-order valence-electron chi connectivity index (χ2n) is 7.73. The molecule has 0 radical (unpaired) electrons. The summed E-state index contributed by atoms with van der Waals surface area (Å²) >= 11 is 0. The number of carbonyl (C=O) groups excluding carboxylic acids is 2. The highest BCUT2D eigenvalue weighted by Crippen LogP contribution is 2.28. The standard InChI is InChI=1S/C21H27N5O2/c1-16-5-7-17(8-6-16)25-14-2-4-18(19(25)27)24-20(28)21(9-12-22-13-10-21)26-15-3-11-23-26/h3,5-8,11,15,18,22H,2,4,9-10,12-14H2,1H3,(H,24,28). The van der Waals surface area contributed by atoms with Gasteiger partial charge >= 0.3 is 0 Å². The molecule has 2 aliphatic heterocycles. The van der Waals surface area contributed by atoms with Crippen molar-refractivity contribution in [1.29, 1.82) is 0 Å². The van der Waals surface area contributed by atoms with Crippen molar-refractivity contribution in [2.75, 3.05) is 24.5 Å². The summed E-state index contributed by atoms with van der Waals surface area (Å²) in [5, 5.41) is 10.7. The van der Waals surface area contributed by atoms with E-state index in [2.05, 4.69) is 15.7 Å². The van der Waals surface area contributed by atoms with Crippen LogP contribution in [-0.4, -0.2) is 47.3 Å². The number of piperidine rings is 2. The number of aryl methyl sites for hydroxylation is 1. The van der Waals surface area contributed by atoms with E-state index in [1.807, 2.05) is 43.5 Å². The van der Waals surface area contributed by atoms with Gasteiger partial charge in [-0.3, -0.25) is 14.3 Å². The molecule has 3 heterocycles. The minimum atomic E-state index is -0.735. The van der Waals surface area contributed by atoms with Crippen molar-refractivity contribution < 1.29 is 9.59 Å². The molecule has 2 fully saturated rings. The molecule has 0 bridgehead atoms. The number of hydrogen-bond acceptors (Lipinski definition) is 4. The number of benzene rings is 1. The molecule has 2 N–H and O–H groups in total. The van der Waals surface area contributed by atoms with Crippen LogP contribution < -0.4 is 15.5 Å². The molecule has 2 saturated heterocycles. The molecule has 2 amide bonds. The number of carbonyl (C=O) groups is 2. The van der Waals surface area contributed by atoms with Crippen molar-refractivity contribution in [2.45, 2.75) is 44.2 Å². The van der Waals surface area contributed by atoms with Gasteiger partial charge in [-0.2, -0.15) is 5.10 Å². The van der Waals surface area contributed by atoms with Gasteiger partial charge in [-0.05, 0) is 63.9 Å². The number of nitrogens with zero attached hydrogens (tertiary/aromatic N) is 3. The van der Waals surface area contributed by atoms with E-state index >= 15 is 0 Å². The maximum atomic E-state index is 13.3. The summed E-state index contributed by atoms with van der Waals surface area (Å²) in [4.78, 5) is 28.2. The first-order valence-electron chi connectivity index (χ1n) is 10.00. The molecular weight excluding hydrogens is 354 g/mol.